The minimum absolute atomic E-state index is 0.436. The first-order valence-electron chi connectivity index (χ1n) is 8.69. The number of aromatic nitrogens is 2. The Hall–Kier alpha value is -2.39. The van der Waals surface area contributed by atoms with Crippen LogP contribution in [0.5, 0.6) is 0 Å². The zero-order valence-electron chi connectivity index (χ0n) is 14.0. The molecule has 0 bridgehead atoms. The molecule has 124 valence electrons. The Bertz CT molecular complexity index is 680. The number of nitrogens with two attached hydrogens (primary N) is 1. The van der Waals surface area contributed by atoms with Crippen LogP contribution in [0.15, 0.2) is 66.9 Å². The number of aryl methyl sites for hydroxylation is 1. The lowest BCUT2D eigenvalue weighted by Crippen LogP contribution is -2.03. The second kappa shape index (κ2) is 8.46. The topological polar surface area (TPSA) is 54.7 Å². The highest BCUT2D eigenvalue weighted by molar-refractivity contribution is 5.32. The molecule has 0 radical (unpaired) electrons. The van der Waals surface area contributed by atoms with Crippen LogP contribution in [-0.4, -0.2) is 16.5 Å². The maximum atomic E-state index is 5.59. The van der Waals surface area contributed by atoms with E-state index in [-0.39, 0.29) is 0 Å². The van der Waals surface area contributed by atoms with Gasteiger partial charge in [0.1, 0.15) is 5.82 Å². The number of rotatable bonds is 8. The molecule has 1 heterocycles. The standard InChI is InChI=1S/C21H25N3/c22-15-14-19-16-23-21(24-19)13-7-12-20(17-8-3-1-4-9-17)18-10-5-2-6-11-18/h1-6,8-11,16,20H,7,12-15,22H2,(H,23,24). The maximum absolute atomic E-state index is 5.59. The van der Waals surface area contributed by atoms with Crippen molar-refractivity contribution in [3.05, 3.63) is 89.5 Å². The number of hydrogen-bond donors (Lipinski definition) is 2. The predicted octanol–water partition coefficient (Wildman–Crippen LogP) is 4.07. The van der Waals surface area contributed by atoms with E-state index in [1.807, 2.05) is 6.20 Å². The average molecular weight is 319 g/mol. The fourth-order valence-electron chi connectivity index (χ4n) is 3.19. The Kier molecular flexibility index (Phi) is 5.80. The van der Waals surface area contributed by atoms with Gasteiger partial charge in [0.25, 0.3) is 0 Å². The molecule has 3 heteroatoms. The molecule has 0 spiro atoms. The van der Waals surface area contributed by atoms with Crippen molar-refractivity contribution in [1.82, 2.24) is 9.97 Å². The van der Waals surface area contributed by atoms with Crippen LogP contribution in [0.2, 0.25) is 0 Å². The van der Waals surface area contributed by atoms with Crippen LogP contribution in [0.1, 0.15) is 41.4 Å². The Balaban J connectivity index is 1.66. The molecule has 2 aromatic carbocycles. The van der Waals surface area contributed by atoms with Gasteiger partial charge in [-0.05, 0) is 30.5 Å². The largest absolute Gasteiger partial charge is 0.346 e. The summed E-state index contributed by atoms with van der Waals surface area (Å²) in [7, 11) is 0. The lowest BCUT2D eigenvalue weighted by molar-refractivity contribution is 0.649. The zero-order chi connectivity index (χ0) is 16.6. The van der Waals surface area contributed by atoms with Gasteiger partial charge in [-0.3, -0.25) is 0 Å². The van der Waals surface area contributed by atoms with E-state index in [0.717, 1.165) is 37.2 Å². The first-order chi connectivity index (χ1) is 11.9. The molecule has 0 unspecified atom stereocenters. The first kappa shape index (κ1) is 16.5. The SMILES string of the molecule is NCCc1cnc(CCCC(c2ccccc2)c2ccccc2)[nH]1. The number of benzene rings is 2. The van der Waals surface area contributed by atoms with Crippen molar-refractivity contribution < 1.29 is 0 Å². The Morgan fingerprint density at radius 1 is 0.875 bits per heavy atom. The average Bonchev–Trinajstić information content (AvgIpc) is 3.08. The van der Waals surface area contributed by atoms with Crippen molar-refractivity contribution in [3.63, 3.8) is 0 Å². The third-order valence-electron chi connectivity index (χ3n) is 4.41. The number of nitrogens with one attached hydrogen (secondary N) is 1. The number of nitrogens with zero attached hydrogens (tertiary/aromatic N) is 1. The monoisotopic (exact) mass is 319 g/mol. The minimum Gasteiger partial charge on any atom is -0.346 e. The molecule has 24 heavy (non-hydrogen) atoms. The van der Waals surface area contributed by atoms with Gasteiger partial charge in [-0.25, -0.2) is 4.98 Å². The molecule has 0 aliphatic carbocycles. The van der Waals surface area contributed by atoms with Gasteiger partial charge in [0, 0.05) is 30.7 Å². The molecular weight excluding hydrogens is 294 g/mol. The fraction of sp³-hybridized carbons (Fsp3) is 0.286. The second-order valence-electron chi connectivity index (χ2n) is 6.16. The molecule has 0 saturated heterocycles. The van der Waals surface area contributed by atoms with E-state index < -0.39 is 0 Å². The quantitative estimate of drug-likeness (QED) is 0.657. The van der Waals surface area contributed by atoms with E-state index in [9.17, 15) is 0 Å². The Morgan fingerprint density at radius 2 is 1.50 bits per heavy atom. The number of H-pyrrole nitrogens is 1. The van der Waals surface area contributed by atoms with E-state index in [0.29, 0.717) is 12.5 Å². The second-order valence-corrected chi connectivity index (χ2v) is 6.16. The molecule has 3 rings (SSSR count). The summed E-state index contributed by atoms with van der Waals surface area (Å²) in [5.74, 6) is 1.50. The molecule has 0 fully saturated rings. The first-order valence-corrected chi connectivity index (χ1v) is 8.69. The van der Waals surface area contributed by atoms with Gasteiger partial charge >= 0.3 is 0 Å². The van der Waals surface area contributed by atoms with E-state index in [1.165, 1.54) is 11.1 Å². The van der Waals surface area contributed by atoms with Crippen LogP contribution < -0.4 is 5.73 Å². The summed E-state index contributed by atoms with van der Waals surface area (Å²) in [5, 5.41) is 0. The normalized spacial score (nSPS) is 11.1. The fourth-order valence-corrected chi connectivity index (χ4v) is 3.19. The summed E-state index contributed by atoms with van der Waals surface area (Å²) in [5.41, 5.74) is 9.49. The molecule has 0 amide bonds. The van der Waals surface area contributed by atoms with Crippen LogP contribution in [0, 0.1) is 0 Å². The summed E-state index contributed by atoms with van der Waals surface area (Å²) < 4.78 is 0. The Morgan fingerprint density at radius 3 is 2.08 bits per heavy atom. The highest BCUT2D eigenvalue weighted by Gasteiger charge is 2.13. The van der Waals surface area contributed by atoms with Gasteiger partial charge in [-0.2, -0.15) is 0 Å². The molecule has 3 N–H and O–H groups in total. The lowest BCUT2D eigenvalue weighted by atomic mass is 9.87. The van der Waals surface area contributed by atoms with E-state index >= 15 is 0 Å². The van der Waals surface area contributed by atoms with Gasteiger partial charge in [0.2, 0.25) is 0 Å². The molecular formula is C21H25N3. The third-order valence-corrected chi connectivity index (χ3v) is 4.41. The van der Waals surface area contributed by atoms with Crippen LogP contribution in [0.3, 0.4) is 0 Å². The highest BCUT2D eigenvalue weighted by Crippen LogP contribution is 2.29. The maximum Gasteiger partial charge on any atom is 0.106 e. The van der Waals surface area contributed by atoms with E-state index in [4.69, 9.17) is 5.73 Å². The molecule has 0 aliphatic heterocycles. The van der Waals surface area contributed by atoms with Crippen LogP contribution >= 0.6 is 0 Å². The molecule has 0 aliphatic rings. The van der Waals surface area contributed by atoms with Crippen molar-refractivity contribution in [2.24, 2.45) is 5.73 Å². The lowest BCUT2D eigenvalue weighted by Gasteiger charge is -2.18. The van der Waals surface area contributed by atoms with Gasteiger partial charge in [0.05, 0.1) is 0 Å². The Labute approximate surface area is 144 Å². The minimum atomic E-state index is 0.436. The predicted molar refractivity (Wildman–Crippen MR) is 99.0 cm³/mol. The van der Waals surface area contributed by atoms with Gasteiger partial charge in [0.15, 0.2) is 0 Å². The van der Waals surface area contributed by atoms with Gasteiger partial charge in [-0.15, -0.1) is 0 Å². The van der Waals surface area contributed by atoms with Crippen LogP contribution in [0.25, 0.3) is 0 Å². The molecule has 0 atom stereocenters. The van der Waals surface area contributed by atoms with Crippen LogP contribution in [-0.2, 0) is 12.8 Å². The number of aromatic amines is 1. The summed E-state index contributed by atoms with van der Waals surface area (Å²) >= 11 is 0. The van der Waals surface area contributed by atoms with E-state index in [2.05, 4.69) is 70.6 Å². The van der Waals surface area contributed by atoms with Crippen molar-refractivity contribution in [2.75, 3.05) is 6.54 Å². The van der Waals surface area contributed by atoms with Crippen molar-refractivity contribution in [3.8, 4) is 0 Å². The van der Waals surface area contributed by atoms with Gasteiger partial charge < -0.3 is 10.7 Å². The van der Waals surface area contributed by atoms with Crippen molar-refractivity contribution in [2.45, 2.75) is 31.6 Å². The van der Waals surface area contributed by atoms with Crippen molar-refractivity contribution >= 4 is 0 Å². The summed E-state index contributed by atoms with van der Waals surface area (Å²) in [6.07, 6.45) is 5.96. The highest BCUT2D eigenvalue weighted by atomic mass is 14.9. The molecule has 3 nitrogen and oxygen atoms in total. The number of imidazole rings is 1. The van der Waals surface area contributed by atoms with Gasteiger partial charge in [-0.1, -0.05) is 60.7 Å². The van der Waals surface area contributed by atoms with Crippen molar-refractivity contribution in [1.29, 1.82) is 0 Å². The molecule has 3 aromatic rings. The third kappa shape index (κ3) is 4.33. The summed E-state index contributed by atoms with van der Waals surface area (Å²) in [6, 6.07) is 21.5. The smallest absolute Gasteiger partial charge is 0.106 e. The molecule has 0 saturated carbocycles. The molecule has 1 aromatic heterocycles. The summed E-state index contributed by atoms with van der Waals surface area (Å²) in [4.78, 5) is 7.84. The zero-order valence-corrected chi connectivity index (χ0v) is 14.0. The van der Waals surface area contributed by atoms with E-state index in [1.54, 1.807) is 0 Å². The summed E-state index contributed by atoms with van der Waals surface area (Å²) in [6.45, 7) is 0.658. The van der Waals surface area contributed by atoms with Crippen LogP contribution in [0.4, 0.5) is 0 Å². The number of hydrogen-bond acceptors (Lipinski definition) is 2.